The molecule has 0 saturated heterocycles. The molecule has 3 rings (SSSR count). The lowest BCUT2D eigenvalue weighted by atomic mass is 9.72. The first kappa shape index (κ1) is 14.4. The largest absolute Gasteiger partial charge is 0.355 e. The van der Waals surface area contributed by atoms with E-state index >= 15 is 0 Å². The van der Waals surface area contributed by atoms with E-state index in [9.17, 15) is 0 Å². The highest BCUT2D eigenvalue weighted by atomic mass is 15.0. The van der Waals surface area contributed by atoms with Gasteiger partial charge in [-0.05, 0) is 62.5 Å². The number of hydrogen-bond acceptors (Lipinski definition) is 1. The molecule has 0 saturated carbocycles. The molecule has 2 unspecified atom stereocenters. The lowest BCUT2D eigenvalue weighted by Gasteiger charge is -2.33. The minimum atomic E-state index is 0.609. The van der Waals surface area contributed by atoms with E-state index in [2.05, 4.69) is 61.7 Å². The second-order valence-electron chi connectivity index (χ2n) is 6.62. The zero-order valence-electron chi connectivity index (χ0n) is 13.4. The molecule has 1 N–H and O–H groups in total. The van der Waals surface area contributed by atoms with Gasteiger partial charge in [0.15, 0.2) is 0 Å². The summed E-state index contributed by atoms with van der Waals surface area (Å²) in [6.07, 6.45) is 3.63. The topological polar surface area (TPSA) is 19.0 Å². The van der Waals surface area contributed by atoms with Gasteiger partial charge in [-0.2, -0.15) is 0 Å². The average Bonchev–Trinajstić information content (AvgIpc) is 2.85. The lowest BCUT2D eigenvalue weighted by Crippen LogP contribution is -2.27. The van der Waals surface area contributed by atoms with Gasteiger partial charge in [-0.15, -0.1) is 0 Å². The van der Waals surface area contributed by atoms with Crippen molar-refractivity contribution in [1.82, 2.24) is 9.88 Å². The van der Waals surface area contributed by atoms with Gasteiger partial charge in [0.25, 0.3) is 0 Å². The van der Waals surface area contributed by atoms with Gasteiger partial charge < -0.3 is 9.88 Å². The molecule has 21 heavy (non-hydrogen) atoms. The molecule has 1 aromatic heterocycles. The number of aromatic nitrogens is 1. The molecule has 1 aliphatic carbocycles. The maximum atomic E-state index is 4.46. The highest BCUT2D eigenvalue weighted by Crippen LogP contribution is 2.43. The number of H-pyrrole nitrogens is 1. The van der Waals surface area contributed by atoms with Crippen LogP contribution in [0.5, 0.6) is 0 Å². The minimum Gasteiger partial charge on any atom is -0.355 e. The summed E-state index contributed by atoms with van der Waals surface area (Å²) in [5.41, 5.74) is 5.38. The van der Waals surface area contributed by atoms with Crippen molar-refractivity contribution in [2.75, 3.05) is 20.6 Å². The summed E-state index contributed by atoms with van der Waals surface area (Å²) >= 11 is 0. The number of allylic oxidation sites excluding steroid dienone is 1. The molecule has 1 aromatic carbocycles. The molecule has 0 fully saturated rings. The molecule has 0 aliphatic heterocycles. The van der Waals surface area contributed by atoms with Crippen molar-refractivity contribution < 1.29 is 0 Å². The van der Waals surface area contributed by atoms with Crippen LogP contribution in [0.15, 0.2) is 30.8 Å². The molecule has 1 aliphatic rings. The first-order valence-electron chi connectivity index (χ1n) is 8.05. The molecule has 2 atom stereocenters. The number of fused-ring (bicyclic) bond motifs is 3. The predicted octanol–water partition coefficient (Wildman–Crippen LogP) is 4.33. The molecule has 2 heteroatoms. The third-order valence-corrected chi connectivity index (χ3v) is 5.03. The summed E-state index contributed by atoms with van der Waals surface area (Å²) in [6.45, 7) is 7.91. The molecule has 0 spiro atoms. The van der Waals surface area contributed by atoms with E-state index in [-0.39, 0.29) is 0 Å². The Morgan fingerprint density at radius 3 is 2.76 bits per heavy atom. The summed E-state index contributed by atoms with van der Waals surface area (Å²) in [4.78, 5) is 5.89. The van der Waals surface area contributed by atoms with Crippen LogP contribution in [0.3, 0.4) is 0 Å². The minimum absolute atomic E-state index is 0.609. The van der Waals surface area contributed by atoms with Gasteiger partial charge in [0.1, 0.15) is 0 Å². The second kappa shape index (κ2) is 5.69. The Kier molecular flexibility index (Phi) is 3.90. The van der Waals surface area contributed by atoms with Crippen LogP contribution in [0.25, 0.3) is 16.5 Å². The summed E-state index contributed by atoms with van der Waals surface area (Å²) in [5.74, 6) is 1.34. The Bertz CT molecular complexity index is 651. The fourth-order valence-electron chi connectivity index (χ4n) is 3.80. The molecule has 0 radical (unpaired) electrons. The smallest absolute Gasteiger partial charge is 0.0461 e. The Hall–Kier alpha value is -1.54. The Morgan fingerprint density at radius 1 is 1.29 bits per heavy atom. The van der Waals surface area contributed by atoms with E-state index in [0.29, 0.717) is 5.92 Å². The van der Waals surface area contributed by atoms with Crippen LogP contribution < -0.4 is 0 Å². The zero-order chi connectivity index (χ0) is 15.0. The van der Waals surface area contributed by atoms with Gasteiger partial charge >= 0.3 is 0 Å². The van der Waals surface area contributed by atoms with Crippen molar-refractivity contribution in [2.24, 2.45) is 11.8 Å². The van der Waals surface area contributed by atoms with E-state index in [0.717, 1.165) is 12.5 Å². The standard InChI is InChI=1S/C19H26N2/c1-5-14-12-17-16-8-6-7-9-18(16)20-19(17)13(2)15(14)10-11-21(3)4/h6-9,14-15,20H,2,5,10-12H2,1,3-4H3. The van der Waals surface area contributed by atoms with Crippen molar-refractivity contribution in [3.8, 4) is 0 Å². The fourth-order valence-corrected chi connectivity index (χ4v) is 3.80. The average molecular weight is 282 g/mol. The maximum absolute atomic E-state index is 4.46. The second-order valence-corrected chi connectivity index (χ2v) is 6.62. The van der Waals surface area contributed by atoms with Crippen LogP contribution >= 0.6 is 0 Å². The van der Waals surface area contributed by atoms with Crippen LogP contribution in [0.1, 0.15) is 31.0 Å². The first-order valence-corrected chi connectivity index (χ1v) is 8.05. The van der Waals surface area contributed by atoms with Crippen LogP contribution in [0.4, 0.5) is 0 Å². The van der Waals surface area contributed by atoms with E-state index in [1.54, 1.807) is 0 Å². The van der Waals surface area contributed by atoms with E-state index in [1.165, 1.54) is 47.0 Å². The van der Waals surface area contributed by atoms with Gasteiger partial charge in [0, 0.05) is 16.6 Å². The van der Waals surface area contributed by atoms with Crippen molar-refractivity contribution in [3.05, 3.63) is 42.1 Å². The summed E-state index contributed by atoms with van der Waals surface area (Å²) in [5, 5.41) is 1.39. The van der Waals surface area contributed by atoms with Crippen LogP contribution in [-0.2, 0) is 6.42 Å². The fraction of sp³-hybridized carbons (Fsp3) is 0.474. The lowest BCUT2D eigenvalue weighted by molar-refractivity contribution is 0.308. The molecular formula is C19H26N2. The Labute approximate surface area is 127 Å². The summed E-state index contributed by atoms with van der Waals surface area (Å²) in [6, 6.07) is 8.66. The quantitative estimate of drug-likeness (QED) is 0.884. The van der Waals surface area contributed by atoms with Crippen LogP contribution in [-0.4, -0.2) is 30.5 Å². The number of hydrogen-bond donors (Lipinski definition) is 1. The highest BCUT2D eigenvalue weighted by Gasteiger charge is 2.32. The van der Waals surface area contributed by atoms with Gasteiger partial charge in [0.2, 0.25) is 0 Å². The Balaban J connectivity index is 1.99. The molecule has 2 nitrogen and oxygen atoms in total. The van der Waals surface area contributed by atoms with Crippen LogP contribution in [0.2, 0.25) is 0 Å². The van der Waals surface area contributed by atoms with Crippen molar-refractivity contribution in [3.63, 3.8) is 0 Å². The van der Waals surface area contributed by atoms with Crippen molar-refractivity contribution >= 4 is 16.5 Å². The van der Waals surface area contributed by atoms with Gasteiger partial charge in [0.05, 0.1) is 0 Å². The number of nitrogens with zero attached hydrogens (tertiary/aromatic N) is 1. The highest BCUT2D eigenvalue weighted by molar-refractivity contribution is 5.90. The van der Waals surface area contributed by atoms with Crippen molar-refractivity contribution in [2.45, 2.75) is 26.2 Å². The Morgan fingerprint density at radius 2 is 2.05 bits per heavy atom. The molecule has 1 heterocycles. The van der Waals surface area contributed by atoms with Crippen molar-refractivity contribution in [1.29, 1.82) is 0 Å². The number of aromatic amines is 1. The zero-order valence-corrected chi connectivity index (χ0v) is 13.4. The van der Waals surface area contributed by atoms with E-state index < -0.39 is 0 Å². The number of rotatable bonds is 4. The molecule has 0 bridgehead atoms. The van der Waals surface area contributed by atoms with Gasteiger partial charge in [-0.3, -0.25) is 0 Å². The maximum Gasteiger partial charge on any atom is 0.0461 e. The summed E-state index contributed by atoms with van der Waals surface area (Å²) in [7, 11) is 4.31. The normalized spacial score (nSPS) is 22.0. The third-order valence-electron chi connectivity index (χ3n) is 5.03. The molecular weight excluding hydrogens is 256 g/mol. The molecule has 0 amide bonds. The number of nitrogens with one attached hydrogen (secondary N) is 1. The number of benzene rings is 1. The van der Waals surface area contributed by atoms with E-state index in [1.807, 2.05) is 0 Å². The predicted molar refractivity (Wildman–Crippen MR) is 91.5 cm³/mol. The third kappa shape index (κ3) is 2.53. The van der Waals surface area contributed by atoms with Crippen LogP contribution in [0, 0.1) is 11.8 Å². The summed E-state index contributed by atoms with van der Waals surface area (Å²) < 4.78 is 0. The van der Waals surface area contributed by atoms with E-state index in [4.69, 9.17) is 0 Å². The first-order chi connectivity index (χ1) is 10.1. The SMILES string of the molecule is C=C1c2[nH]c3ccccc3c2CC(CC)C1CCN(C)C. The monoisotopic (exact) mass is 282 g/mol. The van der Waals surface area contributed by atoms with Gasteiger partial charge in [-0.25, -0.2) is 0 Å². The number of para-hydroxylation sites is 1. The van der Waals surface area contributed by atoms with Gasteiger partial charge in [-0.1, -0.05) is 38.1 Å². The molecule has 112 valence electrons. The molecule has 2 aromatic rings.